The number of allylic oxidation sites excluding steroid dienone is 1. The summed E-state index contributed by atoms with van der Waals surface area (Å²) in [6.07, 6.45) is 6.17. The number of hydrogen-bond donors (Lipinski definition) is 3. The molecule has 1 aliphatic rings. The maximum Gasteiger partial charge on any atom is 0.267 e. The summed E-state index contributed by atoms with van der Waals surface area (Å²) in [5.74, 6) is -0.628. The first-order chi connectivity index (χ1) is 14.9. The van der Waals surface area contributed by atoms with Crippen LogP contribution in [0.15, 0.2) is 60.7 Å². The van der Waals surface area contributed by atoms with Crippen LogP contribution < -0.4 is 10.8 Å². The summed E-state index contributed by atoms with van der Waals surface area (Å²) >= 11 is 0. The lowest BCUT2D eigenvalue weighted by Gasteiger charge is -2.36. The van der Waals surface area contributed by atoms with E-state index in [1.165, 1.54) is 11.6 Å². The summed E-state index contributed by atoms with van der Waals surface area (Å²) in [6, 6.07) is 16.2. The summed E-state index contributed by atoms with van der Waals surface area (Å²) < 4.78 is 0. The molecule has 2 atom stereocenters. The normalized spacial score (nSPS) is 19.7. The Morgan fingerprint density at radius 1 is 0.968 bits per heavy atom. The first kappa shape index (κ1) is 22.6. The Labute approximate surface area is 183 Å². The van der Waals surface area contributed by atoms with Crippen molar-refractivity contribution in [2.75, 3.05) is 13.1 Å². The SMILES string of the molecule is C[C@@H]1CN(Cc2ccc(C(=O)C=Cc3ccc(C=CC(=O)NO)cc3)cc2)C[C@H](C)N1. The second-order valence-corrected chi connectivity index (χ2v) is 8.03. The molecule has 0 saturated carbocycles. The molecule has 3 N–H and O–H groups in total. The van der Waals surface area contributed by atoms with E-state index in [2.05, 4.69) is 24.1 Å². The molecule has 1 fully saturated rings. The Bertz CT molecular complexity index is 939. The Hall–Kier alpha value is -3.06. The van der Waals surface area contributed by atoms with Crippen molar-refractivity contribution in [2.24, 2.45) is 0 Å². The van der Waals surface area contributed by atoms with E-state index in [4.69, 9.17) is 5.21 Å². The van der Waals surface area contributed by atoms with Gasteiger partial charge in [0, 0.05) is 43.4 Å². The minimum atomic E-state index is -0.586. The summed E-state index contributed by atoms with van der Waals surface area (Å²) in [7, 11) is 0. The lowest BCUT2D eigenvalue weighted by molar-refractivity contribution is -0.124. The number of nitrogens with one attached hydrogen (secondary N) is 2. The highest BCUT2D eigenvalue weighted by molar-refractivity contribution is 6.06. The molecule has 0 unspecified atom stereocenters. The Morgan fingerprint density at radius 2 is 1.52 bits per heavy atom. The predicted molar refractivity (Wildman–Crippen MR) is 123 cm³/mol. The van der Waals surface area contributed by atoms with Crippen LogP contribution >= 0.6 is 0 Å². The lowest BCUT2D eigenvalue weighted by atomic mass is 10.0. The van der Waals surface area contributed by atoms with Crippen molar-refractivity contribution in [1.29, 1.82) is 0 Å². The standard InChI is InChI=1S/C25H29N3O3/c1-18-15-28(16-19(2)26-18)17-22-7-11-23(12-8-22)24(29)13-9-20-3-5-21(6-4-20)10-14-25(30)27-31/h3-14,18-19,26,31H,15-17H2,1-2H3,(H,27,30)/t18-,19+. The molecule has 6 nitrogen and oxygen atoms in total. The largest absolute Gasteiger partial charge is 0.309 e. The van der Waals surface area contributed by atoms with Crippen molar-refractivity contribution in [2.45, 2.75) is 32.5 Å². The van der Waals surface area contributed by atoms with Crippen molar-refractivity contribution < 1.29 is 14.8 Å². The van der Waals surface area contributed by atoms with Crippen LogP contribution in [-0.2, 0) is 11.3 Å². The third kappa shape index (κ3) is 7.00. The molecule has 0 aromatic heterocycles. The molecular weight excluding hydrogens is 390 g/mol. The molecule has 0 radical (unpaired) electrons. The number of carbonyl (C=O) groups excluding carboxylic acids is 2. The van der Waals surface area contributed by atoms with Gasteiger partial charge in [-0.3, -0.25) is 19.7 Å². The maximum atomic E-state index is 12.5. The van der Waals surface area contributed by atoms with Crippen LogP contribution in [0.2, 0.25) is 0 Å². The zero-order valence-corrected chi connectivity index (χ0v) is 17.9. The number of amides is 1. The van der Waals surface area contributed by atoms with E-state index >= 15 is 0 Å². The number of piperazine rings is 1. The van der Waals surface area contributed by atoms with E-state index in [9.17, 15) is 9.59 Å². The molecule has 2 aromatic rings. The van der Waals surface area contributed by atoms with Gasteiger partial charge in [-0.1, -0.05) is 54.6 Å². The maximum absolute atomic E-state index is 12.5. The highest BCUT2D eigenvalue weighted by atomic mass is 16.5. The van der Waals surface area contributed by atoms with Gasteiger partial charge in [0.05, 0.1) is 0 Å². The second-order valence-electron chi connectivity index (χ2n) is 8.03. The molecule has 1 amide bonds. The molecule has 0 aliphatic carbocycles. The van der Waals surface area contributed by atoms with Gasteiger partial charge in [-0.05, 0) is 42.7 Å². The average Bonchev–Trinajstić information content (AvgIpc) is 2.76. The molecule has 1 aliphatic heterocycles. The van der Waals surface area contributed by atoms with Gasteiger partial charge >= 0.3 is 0 Å². The van der Waals surface area contributed by atoms with E-state index in [0.29, 0.717) is 17.6 Å². The first-order valence-electron chi connectivity index (χ1n) is 10.4. The minimum Gasteiger partial charge on any atom is -0.309 e. The second kappa shape index (κ2) is 10.8. The van der Waals surface area contributed by atoms with Crippen molar-refractivity contribution in [3.63, 3.8) is 0 Å². The molecule has 0 bridgehead atoms. The Balaban J connectivity index is 1.56. The third-order valence-electron chi connectivity index (χ3n) is 5.18. The van der Waals surface area contributed by atoms with Gasteiger partial charge in [-0.25, -0.2) is 5.48 Å². The van der Waals surface area contributed by atoms with Crippen LogP contribution in [-0.4, -0.2) is 47.0 Å². The van der Waals surface area contributed by atoms with Gasteiger partial charge in [0.1, 0.15) is 0 Å². The fourth-order valence-corrected chi connectivity index (χ4v) is 3.80. The van der Waals surface area contributed by atoms with Gasteiger partial charge in [0.2, 0.25) is 0 Å². The topological polar surface area (TPSA) is 81.7 Å². The van der Waals surface area contributed by atoms with Gasteiger partial charge in [0.25, 0.3) is 5.91 Å². The molecule has 31 heavy (non-hydrogen) atoms. The Morgan fingerprint density at radius 3 is 2.06 bits per heavy atom. The van der Waals surface area contributed by atoms with E-state index in [0.717, 1.165) is 30.8 Å². The van der Waals surface area contributed by atoms with Crippen molar-refractivity contribution in [3.05, 3.63) is 82.9 Å². The number of benzene rings is 2. The lowest BCUT2D eigenvalue weighted by Crippen LogP contribution is -2.53. The number of carbonyl (C=O) groups is 2. The van der Waals surface area contributed by atoms with Crippen LogP contribution in [0.25, 0.3) is 12.2 Å². The van der Waals surface area contributed by atoms with E-state index < -0.39 is 5.91 Å². The fourth-order valence-electron chi connectivity index (χ4n) is 3.80. The summed E-state index contributed by atoms with van der Waals surface area (Å²) in [5.41, 5.74) is 5.12. The monoisotopic (exact) mass is 419 g/mol. The Kier molecular flexibility index (Phi) is 7.89. The summed E-state index contributed by atoms with van der Waals surface area (Å²) in [5, 5.41) is 12.0. The van der Waals surface area contributed by atoms with Crippen LogP contribution in [0.4, 0.5) is 0 Å². The number of ketones is 1. The third-order valence-corrected chi connectivity index (χ3v) is 5.18. The first-order valence-corrected chi connectivity index (χ1v) is 10.4. The zero-order chi connectivity index (χ0) is 22.2. The van der Waals surface area contributed by atoms with Gasteiger partial charge < -0.3 is 5.32 Å². The summed E-state index contributed by atoms with van der Waals surface area (Å²) in [6.45, 7) is 7.35. The molecule has 0 spiro atoms. The van der Waals surface area contributed by atoms with E-state index in [-0.39, 0.29) is 5.78 Å². The van der Waals surface area contributed by atoms with Crippen molar-refractivity contribution in [3.8, 4) is 0 Å². The molecular formula is C25H29N3O3. The van der Waals surface area contributed by atoms with Gasteiger partial charge in [0.15, 0.2) is 5.78 Å². The summed E-state index contributed by atoms with van der Waals surface area (Å²) in [4.78, 5) is 25.9. The number of nitrogens with zero attached hydrogens (tertiary/aromatic N) is 1. The number of hydrogen-bond acceptors (Lipinski definition) is 5. The highest BCUT2D eigenvalue weighted by Gasteiger charge is 2.20. The van der Waals surface area contributed by atoms with E-state index in [1.54, 1.807) is 23.7 Å². The zero-order valence-electron chi connectivity index (χ0n) is 17.9. The predicted octanol–water partition coefficient (Wildman–Crippen LogP) is 3.28. The van der Waals surface area contributed by atoms with Crippen molar-refractivity contribution >= 4 is 23.8 Å². The molecule has 1 saturated heterocycles. The van der Waals surface area contributed by atoms with Gasteiger partial charge in [-0.15, -0.1) is 0 Å². The van der Waals surface area contributed by atoms with Crippen LogP contribution in [0.3, 0.4) is 0 Å². The fraction of sp³-hybridized carbons (Fsp3) is 0.280. The number of hydroxylamine groups is 1. The van der Waals surface area contributed by atoms with Crippen LogP contribution in [0.5, 0.6) is 0 Å². The highest BCUT2D eigenvalue weighted by Crippen LogP contribution is 2.13. The average molecular weight is 420 g/mol. The molecule has 6 heteroatoms. The van der Waals surface area contributed by atoms with Crippen LogP contribution in [0.1, 0.15) is 40.9 Å². The molecule has 2 aromatic carbocycles. The number of rotatable bonds is 7. The minimum absolute atomic E-state index is 0.0421. The smallest absolute Gasteiger partial charge is 0.267 e. The molecule has 162 valence electrons. The molecule has 1 heterocycles. The molecule has 3 rings (SSSR count). The quantitative estimate of drug-likeness (QED) is 0.278. The van der Waals surface area contributed by atoms with Crippen molar-refractivity contribution in [1.82, 2.24) is 15.7 Å². The van der Waals surface area contributed by atoms with E-state index in [1.807, 2.05) is 48.5 Å². The van der Waals surface area contributed by atoms with Gasteiger partial charge in [-0.2, -0.15) is 0 Å². The van der Waals surface area contributed by atoms with Crippen LogP contribution in [0, 0.1) is 0 Å².